The molecular weight excluding hydrogens is 364 g/mol. The lowest BCUT2D eigenvalue weighted by molar-refractivity contribution is 0.241. The third kappa shape index (κ3) is 4.03. The van der Waals surface area contributed by atoms with Gasteiger partial charge in [-0.3, -0.25) is 4.68 Å². The van der Waals surface area contributed by atoms with Gasteiger partial charge < -0.3 is 0 Å². The van der Waals surface area contributed by atoms with Crippen molar-refractivity contribution < 1.29 is 0 Å². The first-order valence-corrected chi connectivity index (χ1v) is 10.9. The molecule has 28 heavy (non-hydrogen) atoms. The highest BCUT2D eigenvalue weighted by atomic mass is 35.5. The molecule has 0 bridgehead atoms. The fourth-order valence-electron chi connectivity index (χ4n) is 4.58. The molecule has 1 aliphatic carbocycles. The predicted molar refractivity (Wildman–Crippen MR) is 119 cm³/mol. The Bertz CT molecular complexity index is 921. The maximum atomic E-state index is 6.31. The van der Waals surface area contributed by atoms with Crippen molar-refractivity contribution in [3.63, 3.8) is 0 Å². The molecule has 0 saturated heterocycles. The standard InChI is InChI=1S/C25H29ClN2/c1-3-19-12-14-20(15-13-19)17-28-18(2)24(22-10-7-11-23(26)16-22)25(27-28)21-8-5-4-6-9-21/h4-11,16,19-20H,3,12-15,17H2,1-2H3. The minimum atomic E-state index is 0.734. The molecule has 1 saturated carbocycles. The Hall–Kier alpha value is -2.06. The largest absolute Gasteiger partial charge is 0.268 e. The molecule has 0 aliphatic heterocycles. The van der Waals surface area contributed by atoms with Crippen LogP contribution in [-0.4, -0.2) is 9.78 Å². The number of halogens is 1. The minimum absolute atomic E-state index is 0.734. The molecule has 3 heteroatoms. The molecule has 0 N–H and O–H groups in total. The molecule has 0 atom stereocenters. The molecular formula is C25H29ClN2. The van der Waals surface area contributed by atoms with Gasteiger partial charge in [0.05, 0.1) is 0 Å². The van der Waals surface area contributed by atoms with Crippen LogP contribution in [0.2, 0.25) is 5.02 Å². The van der Waals surface area contributed by atoms with Gasteiger partial charge in [0, 0.05) is 28.4 Å². The van der Waals surface area contributed by atoms with Gasteiger partial charge in [-0.05, 0) is 49.3 Å². The first-order valence-electron chi connectivity index (χ1n) is 10.5. The Kier molecular flexibility index (Phi) is 5.87. The van der Waals surface area contributed by atoms with Crippen LogP contribution in [0.15, 0.2) is 54.6 Å². The topological polar surface area (TPSA) is 17.8 Å². The molecule has 146 valence electrons. The monoisotopic (exact) mass is 392 g/mol. The highest BCUT2D eigenvalue weighted by Gasteiger charge is 2.23. The van der Waals surface area contributed by atoms with Gasteiger partial charge in [0.25, 0.3) is 0 Å². The van der Waals surface area contributed by atoms with Crippen LogP contribution in [0.25, 0.3) is 22.4 Å². The van der Waals surface area contributed by atoms with E-state index in [9.17, 15) is 0 Å². The van der Waals surface area contributed by atoms with Crippen LogP contribution < -0.4 is 0 Å². The number of aromatic nitrogens is 2. The van der Waals surface area contributed by atoms with Crippen LogP contribution in [0.5, 0.6) is 0 Å². The van der Waals surface area contributed by atoms with Crippen molar-refractivity contribution in [1.82, 2.24) is 9.78 Å². The average molecular weight is 393 g/mol. The van der Waals surface area contributed by atoms with Gasteiger partial charge in [0.2, 0.25) is 0 Å². The van der Waals surface area contributed by atoms with Gasteiger partial charge in [0.1, 0.15) is 5.69 Å². The van der Waals surface area contributed by atoms with E-state index in [0.717, 1.165) is 40.2 Å². The molecule has 4 rings (SSSR count). The molecule has 0 unspecified atom stereocenters. The van der Waals surface area contributed by atoms with Gasteiger partial charge in [0.15, 0.2) is 0 Å². The molecule has 2 nitrogen and oxygen atoms in total. The van der Waals surface area contributed by atoms with E-state index in [-0.39, 0.29) is 0 Å². The number of hydrogen-bond acceptors (Lipinski definition) is 1. The number of nitrogens with zero attached hydrogens (tertiary/aromatic N) is 2. The van der Waals surface area contributed by atoms with Crippen molar-refractivity contribution in [1.29, 1.82) is 0 Å². The van der Waals surface area contributed by atoms with E-state index in [1.807, 2.05) is 12.1 Å². The van der Waals surface area contributed by atoms with Crippen LogP contribution in [0, 0.1) is 18.8 Å². The van der Waals surface area contributed by atoms with E-state index < -0.39 is 0 Å². The summed E-state index contributed by atoms with van der Waals surface area (Å²) < 4.78 is 2.25. The Morgan fingerprint density at radius 3 is 2.29 bits per heavy atom. The Labute approximate surface area is 173 Å². The third-order valence-corrected chi connectivity index (χ3v) is 6.58. The highest BCUT2D eigenvalue weighted by Crippen LogP contribution is 2.37. The molecule has 1 aromatic heterocycles. The summed E-state index contributed by atoms with van der Waals surface area (Å²) in [7, 11) is 0. The lowest BCUT2D eigenvalue weighted by atomic mass is 9.81. The Morgan fingerprint density at radius 1 is 0.929 bits per heavy atom. The molecule has 0 amide bonds. The predicted octanol–water partition coefficient (Wildman–Crippen LogP) is 7.40. The van der Waals surface area contributed by atoms with Gasteiger partial charge in [-0.1, -0.05) is 80.3 Å². The maximum absolute atomic E-state index is 6.31. The highest BCUT2D eigenvalue weighted by molar-refractivity contribution is 6.30. The summed E-state index contributed by atoms with van der Waals surface area (Å²) >= 11 is 6.31. The Morgan fingerprint density at radius 2 is 1.61 bits per heavy atom. The summed E-state index contributed by atoms with van der Waals surface area (Å²) in [5.74, 6) is 1.66. The summed E-state index contributed by atoms with van der Waals surface area (Å²) in [5, 5.41) is 5.86. The number of benzene rings is 2. The minimum Gasteiger partial charge on any atom is -0.268 e. The summed E-state index contributed by atoms with van der Waals surface area (Å²) in [5.41, 5.74) is 5.80. The van der Waals surface area contributed by atoms with Crippen LogP contribution in [0.1, 0.15) is 44.7 Å². The molecule has 0 radical (unpaired) electrons. The quantitative estimate of drug-likeness (QED) is 0.442. The van der Waals surface area contributed by atoms with Gasteiger partial charge in [-0.25, -0.2) is 0 Å². The fraction of sp³-hybridized carbons (Fsp3) is 0.400. The molecule has 1 aliphatic rings. The summed E-state index contributed by atoms with van der Waals surface area (Å²) in [6, 6.07) is 18.6. The maximum Gasteiger partial charge on any atom is 0.100 e. The van der Waals surface area contributed by atoms with Crippen molar-refractivity contribution in [2.24, 2.45) is 11.8 Å². The molecule has 2 aromatic carbocycles. The second-order valence-electron chi connectivity index (χ2n) is 8.16. The zero-order valence-corrected chi connectivity index (χ0v) is 17.6. The second-order valence-corrected chi connectivity index (χ2v) is 8.60. The van der Waals surface area contributed by atoms with E-state index in [0.29, 0.717) is 0 Å². The van der Waals surface area contributed by atoms with Gasteiger partial charge in [-0.15, -0.1) is 0 Å². The first-order chi connectivity index (χ1) is 13.7. The van der Waals surface area contributed by atoms with E-state index >= 15 is 0 Å². The summed E-state index contributed by atoms with van der Waals surface area (Å²) in [6.07, 6.45) is 6.71. The second kappa shape index (κ2) is 8.53. The molecule has 1 heterocycles. The molecule has 1 fully saturated rings. The lowest BCUT2D eigenvalue weighted by Crippen LogP contribution is -2.20. The zero-order chi connectivity index (χ0) is 19.5. The van der Waals surface area contributed by atoms with E-state index in [4.69, 9.17) is 16.7 Å². The van der Waals surface area contributed by atoms with E-state index in [1.54, 1.807) is 0 Å². The molecule has 0 spiro atoms. The average Bonchev–Trinajstić information content (AvgIpc) is 3.05. The number of hydrogen-bond donors (Lipinski definition) is 0. The van der Waals surface area contributed by atoms with Crippen LogP contribution in [-0.2, 0) is 6.54 Å². The van der Waals surface area contributed by atoms with Crippen LogP contribution in [0.4, 0.5) is 0 Å². The van der Waals surface area contributed by atoms with Crippen molar-refractivity contribution >= 4 is 11.6 Å². The Balaban J connectivity index is 1.71. The van der Waals surface area contributed by atoms with Crippen LogP contribution in [0.3, 0.4) is 0 Å². The lowest BCUT2D eigenvalue weighted by Gasteiger charge is -2.28. The van der Waals surface area contributed by atoms with Crippen LogP contribution >= 0.6 is 11.6 Å². The fourth-order valence-corrected chi connectivity index (χ4v) is 4.77. The van der Waals surface area contributed by atoms with E-state index in [2.05, 4.69) is 61.0 Å². The third-order valence-electron chi connectivity index (χ3n) is 6.34. The SMILES string of the molecule is CCC1CCC(Cn2nc(-c3ccccc3)c(-c3cccc(Cl)c3)c2C)CC1. The van der Waals surface area contributed by atoms with Gasteiger partial charge in [-0.2, -0.15) is 5.10 Å². The first kappa shape index (κ1) is 19.3. The molecule has 3 aromatic rings. The summed E-state index contributed by atoms with van der Waals surface area (Å²) in [4.78, 5) is 0. The van der Waals surface area contributed by atoms with Crippen molar-refractivity contribution in [3.8, 4) is 22.4 Å². The van der Waals surface area contributed by atoms with E-state index in [1.165, 1.54) is 43.4 Å². The zero-order valence-electron chi connectivity index (χ0n) is 16.9. The van der Waals surface area contributed by atoms with Crippen molar-refractivity contribution in [3.05, 3.63) is 65.3 Å². The normalized spacial score (nSPS) is 19.7. The smallest absolute Gasteiger partial charge is 0.100 e. The summed E-state index contributed by atoms with van der Waals surface area (Å²) in [6.45, 7) is 5.54. The van der Waals surface area contributed by atoms with Crippen molar-refractivity contribution in [2.75, 3.05) is 0 Å². The van der Waals surface area contributed by atoms with Crippen molar-refractivity contribution in [2.45, 2.75) is 52.5 Å². The number of rotatable bonds is 5. The van der Waals surface area contributed by atoms with Gasteiger partial charge >= 0.3 is 0 Å².